The van der Waals surface area contributed by atoms with Crippen LogP contribution in [0.1, 0.15) is 52.9 Å². The maximum absolute atomic E-state index is 12.7. The molecular weight excluding hydrogens is 374 g/mol. The van der Waals surface area contributed by atoms with Gasteiger partial charge in [0.2, 0.25) is 0 Å². The molecule has 0 aliphatic heterocycles. The maximum Gasteiger partial charge on any atom is 0.326 e. The lowest BCUT2D eigenvalue weighted by Crippen LogP contribution is -2.26. The van der Waals surface area contributed by atoms with Crippen LogP contribution < -0.4 is 5.73 Å². The third-order valence-corrected chi connectivity index (χ3v) is 5.30. The number of hydrogen-bond acceptors (Lipinski definition) is 4. The fourth-order valence-electron chi connectivity index (χ4n) is 3.93. The second-order valence-electron chi connectivity index (χ2n) is 8.22. The van der Waals surface area contributed by atoms with Crippen LogP contribution in [0, 0.1) is 5.92 Å². The molecule has 4 rings (SSSR count). The number of para-hydroxylation sites is 2. The van der Waals surface area contributed by atoms with Crippen LogP contribution in [0.15, 0.2) is 48.5 Å². The number of carbonyl (C=O) groups excluding carboxylic acids is 1. The van der Waals surface area contributed by atoms with Crippen LogP contribution in [0.3, 0.4) is 0 Å². The smallest absolute Gasteiger partial charge is 0.326 e. The minimum Gasteiger partial charge on any atom is -0.461 e. The SMILES string of the molecule is CCC.C[C@@H]1CCC[C@H](OC(=O)Cn2c(-c3ccc(N)cc3)nc3ccccc32)C1. The Balaban J connectivity index is 0.000000806. The van der Waals surface area contributed by atoms with E-state index in [0.717, 1.165) is 41.7 Å². The molecule has 0 unspecified atom stereocenters. The van der Waals surface area contributed by atoms with Gasteiger partial charge in [-0.3, -0.25) is 4.79 Å². The molecule has 5 heteroatoms. The molecule has 1 fully saturated rings. The van der Waals surface area contributed by atoms with Gasteiger partial charge < -0.3 is 15.0 Å². The average molecular weight is 408 g/mol. The molecule has 30 heavy (non-hydrogen) atoms. The van der Waals surface area contributed by atoms with E-state index in [2.05, 4.69) is 20.8 Å². The van der Waals surface area contributed by atoms with E-state index in [-0.39, 0.29) is 18.6 Å². The van der Waals surface area contributed by atoms with Gasteiger partial charge in [0.1, 0.15) is 18.5 Å². The Kier molecular flexibility index (Phi) is 7.50. The number of anilines is 1. The summed E-state index contributed by atoms with van der Waals surface area (Å²) in [5, 5.41) is 0. The molecule has 2 N–H and O–H groups in total. The fraction of sp³-hybridized carbons (Fsp3) is 0.440. The topological polar surface area (TPSA) is 70.1 Å². The van der Waals surface area contributed by atoms with Crippen LogP contribution in [-0.2, 0) is 16.1 Å². The summed E-state index contributed by atoms with van der Waals surface area (Å²) in [4.78, 5) is 17.4. The van der Waals surface area contributed by atoms with E-state index in [0.29, 0.717) is 11.6 Å². The molecule has 0 radical (unpaired) electrons. The molecule has 1 saturated carbocycles. The lowest BCUT2D eigenvalue weighted by atomic mass is 9.89. The number of nitrogens with two attached hydrogens (primary N) is 1. The van der Waals surface area contributed by atoms with Gasteiger partial charge in [0.25, 0.3) is 0 Å². The zero-order valence-corrected chi connectivity index (χ0v) is 18.3. The van der Waals surface area contributed by atoms with Gasteiger partial charge in [-0.05, 0) is 61.6 Å². The first-order valence-electron chi connectivity index (χ1n) is 11.0. The van der Waals surface area contributed by atoms with Crippen LogP contribution in [0.4, 0.5) is 5.69 Å². The molecule has 0 bridgehead atoms. The van der Waals surface area contributed by atoms with Gasteiger partial charge >= 0.3 is 5.97 Å². The second-order valence-corrected chi connectivity index (χ2v) is 8.22. The lowest BCUT2D eigenvalue weighted by Gasteiger charge is -2.26. The van der Waals surface area contributed by atoms with Crippen molar-refractivity contribution in [3.05, 3.63) is 48.5 Å². The molecule has 1 aliphatic rings. The summed E-state index contributed by atoms with van der Waals surface area (Å²) in [5.41, 5.74) is 9.24. The van der Waals surface area contributed by atoms with Gasteiger partial charge in [-0.15, -0.1) is 0 Å². The number of esters is 1. The summed E-state index contributed by atoms with van der Waals surface area (Å²) >= 11 is 0. The van der Waals surface area contributed by atoms with E-state index in [1.807, 2.05) is 53.1 Å². The van der Waals surface area contributed by atoms with Crippen LogP contribution in [0.25, 0.3) is 22.4 Å². The summed E-state index contributed by atoms with van der Waals surface area (Å²) in [6.07, 6.45) is 5.56. The first-order valence-corrected chi connectivity index (χ1v) is 11.0. The van der Waals surface area contributed by atoms with Gasteiger partial charge in [-0.2, -0.15) is 0 Å². The van der Waals surface area contributed by atoms with Crippen molar-refractivity contribution in [1.82, 2.24) is 9.55 Å². The quantitative estimate of drug-likeness (QED) is 0.437. The van der Waals surface area contributed by atoms with Crippen molar-refractivity contribution in [2.45, 2.75) is 65.5 Å². The Morgan fingerprint density at radius 2 is 1.83 bits per heavy atom. The molecule has 1 aromatic heterocycles. The number of hydrogen-bond donors (Lipinski definition) is 1. The predicted octanol–water partition coefficient (Wildman–Crippen LogP) is 5.82. The normalized spacial score (nSPS) is 18.5. The highest BCUT2D eigenvalue weighted by Gasteiger charge is 2.23. The standard InChI is InChI=1S/C22H25N3O2.C3H8/c1-15-5-4-6-18(13-15)27-21(26)14-25-20-8-3-2-7-19(20)24-22(25)16-9-11-17(23)12-10-16;1-3-2/h2-3,7-12,15,18H,4-6,13-14,23H2,1H3;3H2,1-2H3/t15-,18+;/m1./s1. The predicted molar refractivity (Wildman–Crippen MR) is 123 cm³/mol. The van der Waals surface area contributed by atoms with Crippen molar-refractivity contribution in [3.63, 3.8) is 0 Å². The molecule has 1 aliphatic carbocycles. The highest BCUT2D eigenvalue weighted by Crippen LogP contribution is 2.28. The zero-order chi connectivity index (χ0) is 21.5. The summed E-state index contributed by atoms with van der Waals surface area (Å²) in [6, 6.07) is 15.4. The number of benzene rings is 2. The molecule has 2 atom stereocenters. The van der Waals surface area contributed by atoms with Crippen molar-refractivity contribution in [2.75, 3.05) is 5.73 Å². The summed E-state index contributed by atoms with van der Waals surface area (Å²) in [5.74, 6) is 1.18. The number of nitrogen functional groups attached to an aromatic ring is 1. The molecule has 0 amide bonds. The van der Waals surface area contributed by atoms with Crippen LogP contribution in [0.5, 0.6) is 0 Å². The minimum atomic E-state index is -0.200. The van der Waals surface area contributed by atoms with Crippen LogP contribution >= 0.6 is 0 Å². The van der Waals surface area contributed by atoms with Crippen molar-refractivity contribution < 1.29 is 9.53 Å². The Bertz CT molecular complexity index is 962. The second kappa shape index (κ2) is 10.3. The molecule has 0 spiro atoms. The van der Waals surface area contributed by atoms with E-state index < -0.39 is 0 Å². The Morgan fingerprint density at radius 1 is 1.13 bits per heavy atom. The van der Waals surface area contributed by atoms with Crippen molar-refractivity contribution in [1.29, 1.82) is 0 Å². The first-order chi connectivity index (χ1) is 14.5. The third kappa shape index (κ3) is 5.41. The minimum absolute atomic E-state index is 0.0380. The van der Waals surface area contributed by atoms with Gasteiger partial charge in [0.15, 0.2) is 0 Å². The summed E-state index contributed by atoms with van der Waals surface area (Å²) in [6.45, 7) is 6.63. The van der Waals surface area contributed by atoms with Crippen molar-refractivity contribution in [2.24, 2.45) is 5.92 Å². The van der Waals surface area contributed by atoms with Gasteiger partial charge in [-0.25, -0.2) is 4.98 Å². The van der Waals surface area contributed by atoms with Crippen molar-refractivity contribution >= 4 is 22.7 Å². The van der Waals surface area contributed by atoms with Crippen molar-refractivity contribution in [3.8, 4) is 11.4 Å². The zero-order valence-electron chi connectivity index (χ0n) is 18.3. The number of imidazole rings is 1. The Labute approximate surface area is 179 Å². The number of rotatable bonds is 4. The summed E-state index contributed by atoms with van der Waals surface area (Å²) < 4.78 is 7.73. The molecule has 5 nitrogen and oxygen atoms in total. The van der Waals surface area contributed by atoms with Gasteiger partial charge in [0.05, 0.1) is 11.0 Å². The fourth-order valence-corrected chi connectivity index (χ4v) is 3.93. The van der Waals surface area contributed by atoms with Crippen LogP contribution in [-0.4, -0.2) is 21.6 Å². The van der Waals surface area contributed by atoms with E-state index in [4.69, 9.17) is 15.5 Å². The van der Waals surface area contributed by atoms with E-state index >= 15 is 0 Å². The lowest BCUT2D eigenvalue weighted by molar-refractivity contribution is -0.151. The molecular formula is C25H33N3O2. The molecule has 2 aromatic carbocycles. The molecule has 1 heterocycles. The summed E-state index contributed by atoms with van der Waals surface area (Å²) in [7, 11) is 0. The number of ether oxygens (including phenoxy) is 1. The number of fused-ring (bicyclic) bond motifs is 1. The molecule has 160 valence electrons. The van der Waals surface area contributed by atoms with Gasteiger partial charge in [-0.1, -0.05) is 45.7 Å². The maximum atomic E-state index is 12.7. The number of nitrogens with zero attached hydrogens (tertiary/aromatic N) is 2. The van der Waals surface area contributed by atoms with E-state index in [1.54, 1.807) is 0 Å². The Morgan fingerprint density at radius 3 is 2.53 bits per heavy atom. The average Bonchev–Trinajstić information content (AvgIpc) is 3.07. The highest BCUT2D eigenvalue weighted by molar-refractivity contribution is 5.83. The largest absolute Gasteiger partial charge is 0.461 e. The number of carbonyl (C=O) groups is 1. The third-order valence-electron chi connectivity index (χ3n) is 5.30. The monoisotopic (exact) mass is 407 g/mol. The number of aromatic nitrogens is 2. The molecule has 3 aromatic rings. The first kappa shape index (κ1) is 21.9. The molecule has 0 saturated heterocycles. The highest BCUT2D eigenvalue weighted by atomic mass is 16.5. The van der Waals surface area contributed by atoms with Crippen LogP contribution in [0.2, 0.25) is 0 Å². The Hall–Kier alpha value is -2.82. The van der Waals surface area contributed by atoms with E-state index in [1.165, 1.54) is 12.8 Å². The van der Waals surface area contributed by atoms with Gasteiger partial charge in [0, 0.05) is 11.3 Å². The van der Waals surface area contributed by atoms with E-state index in [9.17, 15) is 4.79 Å².